The molecule has 0 heterocycles. The van der Waals surface area contributed by atoms with Crippen LogP contribution in [0.5, 0.6) is 5.75 Å². The summed E-state index contributed by atoms with van der Waals surface area (Å²) in [6, 6.07) is 14.9. The van der Waals surface area contributed by atoms with Crippen LogP contribution in [0.15, 0.2) is 53.4 Å². The van der Waals surface area contributed by atoms with Gasteiger partial charge in [-0.1, -0.05) is 29.8 Å². The van der Waals surface area contributed by atoms with Crippen LogP contribution < -0.4 is 14.8 Å². The first-order chi connectivity index (χ1) is 9.69. The highest BCUT2D eigenvalue weighted by Crippen LogP contribution is 2.23. The van der Waals surface area contributed by atoms with Gasteiger partial charge in [-0.3, -0.25) is 4.72 Å². The highest BCUT2D eigenvalue weighted by Gasteiger charge is 2.06. The zero-order valence-electron chi connectivity index (χ0n) is 11.3. The molecule has 0 radical (unpaired) electrons. The lowest BCUT2D eigenvalue weighted by atomic mass is 10.2. The van der Waals surface area contributed by atoms with Gasteiger partial charge in [0.1, 0.15) is 5.75 Å². The molecule has 0 atom stereocenters. The predicted molar refractivity (Wildman–Crippen MR) is 82.2 cm³/mol. The molecule has 0 saturated carbocycles. The molecular weight excluding hydrogens is 272 g/mol. The Morgan fingerprint density at radius 3 is 2.50 bits per heavy atom. The summed E-state index contributed by atoms with van der Waals surface area (Å²) in [4.78, 5) is 12.8. The fourth-order valence-electron chi connectivity index (χ4n) is 1.61. The fourth-order valence-corrected chi connectivity index (χ4v) is 2.14. The van der Waals surface area contributed by atoms with Crippen molar-refractivity contribution in [3.8, 4) is 5.75 Å². The second-order valence-corrected chi connectivity index (χ2v) is 5.05. The van der Waals surface area contributed by atoms with Crippen LogP contribution in [-0.2, 0) is 0 Å². The molecule has 20 heavy (non-hydrogen) atoms. The summed E-state index contributed by atoms with van der Waals surface area (Å²) < 4.78 is 7.90. The highest BCUT2D eigenvalue weighted by atomic mass is 32.2. The SMILES string of the molecule is COc1ccccc1NC(=O)NSc1ccc(C)cc1. The molecule has 0 aliphatic rings. The number of ether oxygens (including phenoxy) is 1. The number of hydrogen-bond donors (Lipinski definition) is 2. The number of hydrogen-bond acceptors (Lipinski definition) is 3. The van der Waals surface area contributed by atoms with Gasteiger partial charge in [-0.25, -0.2) is 4.79 Å². The van der Waals surface area contributed by atoms with Crippen LogP contribution in [-0.4, -0.2) is 13.1 Å². The van der Waals surface area contributed by atoms with Gasteiger partial charge in [0, 0.05) is 4.90 Å². The highest BCUT2D eigenvalue weighted by molar-refractivity contribution is 7.98. The van der Waals surface area contributed by atoms with E-state index in [0.29, 0.717) is 11.4 Å². The molecule has 0 aliphatic carbocycles. The number of para-hydroxylation sites is 2. The average molecular weight is 288 g/mol. The number of rotatable bonds is 4. The second-order valence-electron chi connectivity index (χ2n) is 4.17. The first kappa shape index (κ1) is 14.3. The first-order valence-corrected chi connectivity index (χ1v) is 6.94. The Balaban J connectivity index is 1.91. The molecule has 0 unspecified atom stereocenters. The third kappa shape index (κ3) is 3.93. The second kappa shape index (κ2) is 6.86. The van der Waals surface area contributed by atoms with E-state index in [1.807, 2.05) is 43.3 Å². The van der Waals surface area contributed by atoms with Gasteiger partial charge in [-0.15, -0.1) is 0 Å². The normalized spacial score (nSPS) is 9.90. The Bertz CT molecular complexity index is 585. The third-order valence-electron chi connectivity index (χ3n) is 2.64. The van der Waals surface area contributed by atoms with E-state index in [2.05, 4.69) is 10.0 Å². The van der Waals surface area contributed by atoms with Crippen LogP contribution in [0.25, 0.3) is 0 Å². The zero-order chi connectivity index (χ0) is 14.4. The Kier molecular flexibility index (Phi) is 4.90. The van der Waals surface area contributed by atoms with Crippen molar-refractivity contribution >= 4 is 23.7 Å². The van der Waals surface area contributed by atoms with Gasteiger partial charge in [0.2, 0.25) is 0 Å². The topological polar surface area (TPSA) is 50.4 Å². The molecule has 5 heteroatoms. The molecule has 2 aromatic rings. The Labute approximate surface area is 122 Å². The van der Waals surface area contributed by atoms with Crippen LogP contribution in [0.1, 0.15) is 5.56 Å². The van der Waals surface area contributed by atoms with Crippen molar-refractivity contribution in [3.63, 3.8) is 0 Å². The molecule has 2 N–H and O–H groups in total. The van der Waals surface area contributed by atoms with E-state index >= 15 is 0 Å². The Hall–Kier alpha value is -2.14. The van der Waals surface area contributed by atoms with Crippen molar-refractivity contribution in [2.45, 2.75) is 11.8 Å². The van der Waals surface area contributed by atoms with E-state index in [1.54, 1.807) is 19.2 Å². The monoisotopic (exact) mass is 288 g/mol. The number of amides is 2. The maximum absolute atomic E-state index is 11.8. The van der Waals surface area contributed by atoms with E-state index in [1.165, 1.54) is 17.5 Å². The number of benzene rings is 2. The van der Waals surface area contributed by atoms with Gasteiger partial charge < -0.3 is 10.1 Å². The quantitative estimate of drug-likeness (QED) is 0.841. The predicted octanol–water partition coefficient (Wildman–Crippen LogP) is 3.83. The van der Waals surface area contributed by atoms with Gasteiger partial charge in [0.05, 0.1) is 12.8 Å². The standard InChI is InChI=1S/C15H16N2O2S/c1-11-7-9-12(10-8-11)20-17-15(18)16-13-5-3-4-6-14(13)19-2/h3-10H,1-2H3,(H2,16,17,18). The number of aryl methyl sites for hydroxylation is 1. The molecular formula is C15H16N2O2S. The van der Waals surface area contributed by atoms with E-state index in [4.69, 9.17) is 4.74 Å². The van der Waals surface area contributed by atoms with Crippen molar-refractivity contribution in [1.82, 2.24) is 4.72 Å². The summed E-state index contributed by atoms with van der Waals surface area (Å²) in [5.74, 6) is 0.628. The van der Waals surface area contributed by atoms with Crippen LogP contribution in [0.3, 0.4) is 0 Å². The molecule has 0 bridgehead atoms. The van der Waals surface area contributed by atoms with Crippen LogP contribution in [0, 0.1) is 6.92 Å². The molecule has 0 aromatic heterocycles. The summed E-state index contributed by atoms with van der Waals surface area (Å²) in [5.41, 5.74) is 1.82. The Morgan fingerprint density at radius 1 is 1.10 bits per heavy atom. The van der Waals surface area contributed by atoms with E-state index < -0.39 is 0 Å². The number of urea groups is 1. The summed E-state index contributed by atoms with van der Waals surface area (Å²) in [7, 11) is 1.57. The summed E-state index contributed by atoms with van der Waals surface area (Å²) >= 11 is 1.27. The molecule has 2 amide bonds. The van der Waals surface area contributed by atoms with Crippen LogP contribution >= 0.6 is 11.9 Å². The lowest BCUT2D eigenvalue weighted by molar-refractivity contribution is 0.257. The zero-order valence-corrected chi connectivity index (χ0v) is 12.2. The third-order valence-corrected chi connectivity index (χ3v) is 3.43. The lowest BCUT2D eigenvalue weighted by Gasteiger charge is -2.10. The van der Waals surface area contributed by atoms with Crippen molar-refractivity contribution in [2.75, 3.05) is 12.4 Å². The maximum atomic E-state index is 11.8. The van der Waals surface area contributed by atoms with Gasteiger partial charge in [0.25, 0.3) is 0 Å². The van der Waals surface area contributed by atoms with Crippen molar-refractivity contribution in [2.24, 2.45) is 0 Å². The fraction of sp³-hybridized carbons (Fsp3) is 0.133. The molecule has 4 nitrogen and oxygen atoms in total. The largest absolute Gasteiger partial charge is 0.495 e. The van der Waals surface area contributed by atoms with Crippen molar-refractivity contribution in [3.05, 3.63) is 54.1 Å². The molecule has 104 valence electrons. The molecule has 0 saturated heterocycles. The summed E-state index contributed by atoms with van der Waals surface area (Å²) in [6.07, 6.45) is 0. The van der Waals surface area contributed by atoms with Crippen LogP contribution in [0.4, 0.5) is 10.5 Å². The van der Waals surface area contributed by atoms with Crippen LogP contribution in [0.2, 0.25) is 0 Å². The van der Waals surface area contributed by atoms with Crippen molar-refractivity contribution < 1.29 is 9.53 Å². The molecule has 0 aliphatic heterocycles. The van der Waals surface area contributed by atoms with E-state index in [0.717, 1.165) is 4.90 Å². The minimum absolute atomic E-state index is 0.292. The van der Waals surface area contributed by atoms with E-state index in [-0.39, 0.29) is 6.03 Å². The number of carbonyl (C=O) groups excluding carboxylic acids is 1. The first-order valence-electron chi connectivity index (χ1n) is 6.12. The minimum atomic E-state index is -0.292. The number of methoxy groups -OCH3 is 1. The average Bonchev–Trinajstić information content (AvgIpc) is 2.47. The summed E-state index contributed by atoms with van der Waals surface area (Å²) in [5, 5.41) is 2.75. The van der Waals surface area contributed by atoms with Gasteiger partial charge >= 0.3 is 6.03 Å². The molecule has 2 rings (SSSR count). The number of nitrogens with one attached hydrogen (secondary N) is 2. The number of carbonyl (C=O) groups is 1. The van der Waals surface area contributed by atoms with Gasteiger partial charge in [-0.05, 0) is 43.1 Å². The maximum Gasteiger partial charge on any atom is 0.329 e. The smallest absolute Gasteiger partial charge is 0.329 e. The molecule has 2 aromatic carbocycles. The summed E-state index contributed by atoms with van der Waals surface area (Å²) in [6.45, 7) is 2.02. The van der Waals surface area contributed by atoms with Gasteiger partial charge in [0.15, 0.2) is 0 Å². The molecule has 0 fully saturated rings. The van der Waals surface area contributed by atoms with E-state index in [9.17, 15) is 4.79 Å². The van der Waals surface area contributed by atoms with Gasteiger partial charge in [-0.2, -0.15) is 0 Å². The molecule has 0 spiro atoms. The Morgan fingerprint density at radius 2 is 1.80 bits per heavy atom. The minimum Gasteiger partial charge on any atom is -0.495 e. The van der Waals surface area contributed by atoms with Crippen molar-refractivity contribution in [1.29, 1.82) is 0 Å². The number of anilines is 1. The lowest BCUT2D eigenvalue weighted by Crippen LogP contribution is -2.22.